The summed E-state index contributed by atoms with van der Waals surface area (Å²) in [6.07, 6.45) is 0.939. The highest BCUT2D eigenvalue weighted by Crippen LogP contribution is 2.18. The van der Waals surface area contributed by atoms with Gasteiger partial charge in [0.25, 0.3) is 0 Å². The molecule has 82 valence electrons. The molecule has 1 rings (SSSR count). The van der Waals surface area contributed by atoms with E-state index >= 15 is 0 Å². The predicted octanol–water partition coefficient (Wildman–Crippen LogP) is 2.18. The van der Waals surface area contributed by atoms with Gasteiger partial charge in [-0.15, -0.1) is 0 Å². The van der Waals surface area contributed by atoms with Gasteiger partial charge in [0.05, 0.1) is 19.1 Å². The number of ether oxygens (including phenoxy) is 1. The molecular weight excluding hydrogens is 272 g/mol. The monoisotopic (exact) mass is 280 g/mol. The molecule has 0 saturated heterocycles. The topological polar surface area (TPSA) is 43.4 Å². The summed E-state index contributed by atoms with van der Waals surface area (Å²) in [6, 6.07) is 4.96. The summed E-state index contributed by atoms with van der Waals surface area (Å²) in [6.45, 7) is 0. The zero-order chi connectivity index (χ0) is 12.0. The number of rotatable bonds is 2. The number of aldehydes is 1. The Hall–Kier alpha value is -1.60. The van der Waals surface area contributed by atoms with Crippen LogP contribution in [0, 0.1) is 11.8 Å². The molecule has 0 spiro atoms. The summed E-state index contributed by atoms with van der Waals surface area (Å²) >= 11 is 3.30. The van der Waals surface area contributed by atoms with E-state index in [1.54, 1.807) is 18.2 Å². The van der Waals surface area contributed by atoms with Crippen LogP contribution < -0.4 is 0 Å². The molecule has 0 fully saturated rings. The van der Waals surface area contributed by atoms with Gasteiger partial charge in [0.1, 0.15) is 6.29 Å². The summed E-state index contributed by atoms with van der Waals surface area (Å²) in [7, 11) is 1.33. The Balaban J connectivity index is 2.97. The van der Waals surface area contributed by atoms with Crippen molar-refractivity contribution in [1.82, 2.24) is 0 Å². The highest BCUT2D eigenvalue weighted by atomic mass is 79.9. The van der Waals surface area contributed by atoms with E-state index in [4.69, 9.17) is 0 Å². The molecule has 16 heavy (non-hydrogen) atoms. The third-order valence-electron chi connectivity index (χ3n) is 1.80. The summed E-state index contributed by atoms with van der Waals surface area (Å²) in [5.41, 5.74) is 1.19. The third kappa shape index (κ3) is 3.21. The van der Waals surface area contributed by atoms with Crippen LogP contribution in [0.2, 0.25) is 0 Å². The van der Waals surface area contributed by atoms with Gasteiger partial charge in [0, 0.05) is 10.0 Å². The second-order valence-electron chi connectivity index (χ2n) is 2.86. The van der Waals surface area contributed by atoms with Crippen LogP contribution >= 0.6 is 15.9 Å². The van der Waals surface area contributed by atoms with Gasteiger partial charge in [-0.2, -0.15) is 0 Å². The number of carbonyl (C=O) groups excluding carboxylic acids is 2. The third-order valence-corrected chi connectivity index (χ3v) is 2.45. The minimum atomic E-state index is -0.395. The Morgan fingerprint density at radius 2 is 2.31 bits per heavy atom. The molecule has 1 aromatic rings. The maximum absolute atomic E-state index is 11.2. The molecule has 0 saturated carbocycles. The molecule has 0 unspecified atom stereocenters. The highest BCUT2D eigenvalue weighted by molar-refractivity contribution is 9.10. The molecule has 3 nitrogen and oxygen atoms in total. The maximum Gasteiger partial charge on any atom is 0.337 e. The van der Waals surface area contributed by atoms with Crippen LogP contribution in [0.15, 0.2) is 22.7 Å². The van der Waals surface area contributed by atoms with E-state index in [-0.39, 0.29) is 6.42 Å². The number of methoxy groups -OCH3 is 1. The standard InChI is InChI=1S/C12H9BrO3/c1-16-12(15)10-6-5-9(11(13)8-10)4-2-3-7-14/h5-8H,3H2,1H3. The van der Waals surface area contributed by atoms with E-state index in [9.17, 15) is 9.59 Å². The average Bonchev–Trinajstić information content (AvgIpc) is 2.30. The van der Waals surface area contributed by atoms with Crippen molar-refractivity contribution in [3.05, 3.63) is 33.8 Å². The fourth-order valence-corrected chi connectivity index (χ4v) is 1.53. The van der Waals surface area contributed by atoms with E-state index in [0.29, 0.717) is 10.0 Å². The van der Waals surface area contributed by atoms with Gasteiger partial charge in [-0.3, -0.25) is 0 Å². The van der Waals surface area contributed by atoms with Crippen molar-refractivity contribution in [2.75, 3.05) is 7.11 Å². The Labute approximate surface area is 102 Å². The Morgan fingerprint density at radius 3 is 2.88 bits per heavy atom. The highest BCUT2D eigenvalue weighted by Gasteiger charge is 2.06. The van der Waals surface area contributed by atoms with Gasteiger partial charge in [-0.1, -0.05) is 11.8 Å². The van der Waals surface area contributed by atoms with E-state index in [1.165, 1.54) is 7.11 Å². The van der Waals surface area contributed by atoms with Gasteiger partial charge in [-0.25, -0.2) is 4.79 Å². The Kier molecular flexibility index (Phi) is 4.74. The van der Waals surface area contributed by atoms with Crippen molar-refractivity contribution in [2.45, 2.75) is 6.42 Å². The molecule has 0 aliphatic rings. The van der Waals surface area contributed by atoms with E-state index in [2.05, 4.69) is 32.5 Å². The molecule has 0 N–H and O–H groups in total. The minimum absolute atomic E-state index is 0.200. The first-order chi connectivity index (χ1) is 7.69. The number of benzene rings is 1. The molecule has 1 aromatic carbocycles. The fourth-order valence-electron chi connectivity index (χ4n) is 1.05. The first-order valence-corrected chi connectivity index (χ1v) is 5.28. The molecule has 0 heterocycles. The van der Waals surface area contributed by atoms with Gasteiger partial charge >= 0.3 is 5.97 Å². The van der Waals surface area contributed by atoms with E-state index in [0.717, 1.165) is 11.8 Å². The molecule has 0 aromatic heterocycles. The van der Waals surface area contributed by atoms with Crippen molar-refractivity contribution < 1.29 is 14.3 Å². The maximum atomic E-state index is 11.2. The zero-order valence-electron chi connectivity index (χ0n) is 8.62. The Morgan fingerprint density at radius 1 is 1.56 bits per heavy atom. The van der Waals surface area contributed by atoms with Crippen LogP contribution in [0.1, 0.15) is 22.3 Å². The predicted molar refractivity (Wildman–Crippen MR) is 63.0 cm³/mol. The lowest BCUT2D eigenvalue weighted by molar-refractivity contribution is -0.107. The molecular formula is C12H9BrO3. The van der Waals surface area contributed by atoms with Crippen LogP contribution in [-0.2, 0) is 9.53 Å². The van der Waals surface area contributed by atoms with Gasteiger partial charge in [-0.05, 0) is 34.1 Å². The van der Waals surface area contributed by atoms with Crippen molar-refractivity contribution in [3.8, 4) is 11.8 Å². The molecule has 4 heteroatoms. The SMILES string of the molecule is COC(=O)c1ccc(C#CCC=O)c(Br)c1. The average molecular weight is 281 g/mol. The van der Waals surface area contributed by atoms with Crippen LogP contribution in [0.3, 0.4) is 0 Å². The lowest BCUT2D eigenvalue weighted by atomic mass is 10.1. The summed E-state index contributed by atoms with van der Waals surface area (Å²) in [4.78, 5) is 21.3. The smallest absolute Gasteiger partial charge is 0.337 e. The fraction of sp³-hybridized carbons (Fsp3) is 0.167. The van der Waals surface area contributed by atoms with Gasteiger partial charge in [0.2, 0.25) is 0 Å². The van der Waals surface area contributed by atoms with Crippen LogP contribution in [-0.4, -0.2) is 19.4 Å². The first-order valence-electron chi connectivity index (χ1n) is 4.49. The van der Waals surface area contributed by atoms with Crippen LogP contribution in [0.4, 0.5) is 0 Å². The van der Waals surface area contributed by atoms with Gasteiger partial charge < -0.3 is 9.53 Å². The molecule has 0 radical (unpaired) electrons. The summed E-state index contributed by atoms with van der Waals surface area (Å²) in [5, 5.41) is 0. The molecule has 0 bridgehead atoms. The van der Waals surface area contributed by atoms with Crippen molar-refractivity contribution in [3.63, 3.8) is 0 Å². The molecule has 0 aliphatic heterocycles. The normalized spacial score (nSPS) is 8.88. The molecule has 0 aliphatic carbocycles. The molecule has 0 atom stereocenters. The minimum Gasteiger partial charge on any atom is -0.465 e. The van der Waals surface area contributed by atoms with Crippen molar-refractivity contribution in [2.24, 2.45) is 0 Å². The number of halogens is 1. The van der Waals surface area contributed by atoms with Crippen LogP contribution in [0.5, 0.6) is 0 Å². The lowest BCUT2D eigenvalue weighted by Gasteiger charge is -2.01. The van der Waals surface area contributed by atoms with E-state index in [1.807, 2.05) is 0 Å². The quantitative estimate of drug-likeness (QED) is 0.474. The van der Waals surface area contributed by atoms with Crippen molar-refractivity contribution >= 4 is 28.2 Å². The van der Waals surface area contributed by atoms with Crippen LogP contribution in [0.25, 0.3) is 0 Å². The second-order valence-corrected chi connectivity index (χ2v) is 3.71. The largest absolute Gasteiger partial charge is 0.465 e. The van der Waals surface area contributed by atoms with Crippen molar-refractivity contribution in [1.29, 1.82) is 0 Å². The Bertz CT molecular complexity index is 469. The number of hydrogen-bond acceptors (Lipinski definition) is 3. The number of hydrogen-bond donors (Lipinski definition) is 0. The summed E-state index contributed by atoms with van der Waals surface area (Å²) in [5.74, 6) is 5.11. The number of esters is 1. The zero-order valence-corrected chi connectivity index (χ0v) is 10.2. The first kappa shape index (κ1) is 12.5. The molecule has 0 amide bonds. The number of carbonyl (C=O) groups is 2. The van der Waals surface area contributed by atoms with Gasteiger partial charge in [0.15, 0.2) is 0 Å². The summed E-state index contributed by atoms with van der Waals surface area (Å²) < 4.78 is 5.29. The second kappa shape index (κ2) is 6.09. The lowest BCUT2D eigenvalue weighted by Crippen LogP contribution is -2.01. The van der Waals surface area contributed by atoms with E-state index < -0.39 is 5.97 Å².